The van der Waals surface area contributed by atoms with E-state index in [-0.39, 0.29) is 0 Å². The second kappa shape index (κ2) is 5.60. The Morgan fingerprint density at radius 1 is 1.23 bits per heavy atom. The van der Waals surface area contributed by atoms with Gasteiger partial charge in [-0.2, -0.15) is 0 Å². The van der Waals surface area contributed by atoms with Crippen LogP contribution in [0.2, 0.25) is 0 Å². The molecule has 0 atom stereocenters. The van der Waals surface area contributed by atoms with Crippen LogP contribution in [0.4, 0.5) is 5.69 Å². The average Bonchev–Trinajstić information content (AvgIpc) is 2.19. The van der Waals surface area contributed by atoms with Crippen LogP contribution in [0, 0.1) is 0 Å². The Kier molecular flexibility index (Phi) is 4.33. The van der Waals surface area contributed by atoms with E-state index in [0.717, 1.165) is 25.1 Å². The summed E-state index contributed by atoms with van der Waals surface area (Å²) >= 11 is 0. The monoisotopic (exact) mass is 179 g/mol. The second-order valence-corrected chi connectivity index (χ2v) is 2.96. The third-order valence-corrected chi connectivity index (χ3v) is 1.89. The van der Waals surface area contributed by atoms with Crippen LogP contribution in [0.3, 0.4) is 0 Å². The van der Waals surface area contributed by atoms with Crippen molar-refractivity contribution in [2.24, 2.45) is 0 Å². The molecule has 0 unspecified atom stereocenters. The molecular weight excluding hydrogens is 162 g/mol. The fourth-order valence-electron chi connectivity index (χ4n) is 1.16. The van der Waals surface area contributed by atoms with Gasteiger partial charge in [-0.25, -0.2) is 0 Å². The zero-order valence-electron chi connectivity index (χ0n) is 8.34. The van der Waals surface area contributed by atoms with Crippen molar-refractivity contribution in [3.05, 3.63) is 29.8 Å². The lowest BCUT2D eigenvalue weighted by atomic mass is 10.1. The number of para-hydroxylation sites is 1. The molecule has 0 spiro atoms. The number of rotatable bonds is 5. The molecule has 0 bridgehead atoms. The number of hydrogen-bond acceptors (Lipinski definition) is 2. The summed E-state index contributed by atoms with van der Waals surface area (Å²) in [6.07, 6.45) is 2.06. The molecule has 1 N–H and O–H groups in total. The lowest BCUT2D eigenvalue weighted by Gasteiger charge is -2.09. The smallest absolute Gasteiger partial charge is 0.0743 e. The van der Waals surface area contributed by atoms with Crippen molar-refractivity contribution in [1.82, 2.24) is 0 Å². The minimum absolute atomic E-state index is 0.748. The van der Waals surface area contributed by atoms with Crippen LogP contribution in [0.1, 0.15) is 25.8 Å². The molecule has 2 nitrogen and oxygen atoms in total. The van der Waals surface area contributed by atoms with Gasteiger partial charge < -0.3 is 0 Å². The van der Waals surface area contributed by atoms with Crippen molar-refractivity contribution < 1.29 is 4.84 Å². The Bertz CT molecular complexity index is 248. The lowest BCUT2D eigenvalue weighted by molar-refractivity contribution is 0.194. The van der Waals surface area contributed by atoms with E-state index in [1.165, 1.54) is 5.56 Å². The van der Waals surface area contributed by atoms with E-state index in [1.54, 1.807) is 0 Å². The van der Waals surface area contributed by atoms with Crippen molar-refractivity contribution in [3.63, 3.8) is 0 Å². The zero-order valence-corrected chi connectivity index (χ0v) is 8.34. The minimum atomic E-state index is 0.748. The predicted octanol–water partition coefficient (Wildman–Crippen LogP) is 3.00. The van der Waals surface area contributed by atoms with Gasteiger partial charge in [-0.1, -0.05) is 32.0 Å². The Balaban J connectivity index is 2.54. The molecule has 0 aromatic heterocycles. The highest BCUT2D eigenvalue weighted by atomic mass is 16.6. The molecule has 72 valence electrons. The first-order valence-electron chi connectivity index (χ1n) is 4.84. The van der Waals surface area contributed by atoms with E-state index >= 15 is 0 Å². The Hall–Kier alpha value is -1.02. The molecule has 1 aromatic carbocycles. The van der Waals surface area contributed by atoms with Gasteiger partial charge in [0.1, 0.15) is 0 Å². The van der Waals surface area contributed by atoms with Crippen molar-refractivity contribution in [2.45, 2.75) is 26.7 Å². The number of benzene rings is 1. The molecule has 0 aliphatic carbocycles. The minimum Gasteiger partial charge on any atom is -0.276 e. The summed E-state index contributed by atoms with van der Waals surface area (Å²) in [6, 6.07) is 8.20. The SMILES string of the molecule is CCCONc1ccccc1CC. The van der Waals surface area contributed by atoms with Crippen molar-refractivity contribution in [2.75, 3.05) is 12.1 Å². The van der Waals surface area contributed by atoms with E-state index in [9.17, 15) is 0 Å². The Morgan fingerprint density at radius 3 is 2.69 bits per heavy atom. The van der Waals surface area contributed by atoms with Gasteiger partial charge in [-0.05, 0) is 24.5 Å². The fraction of sp³-hybridized carbons (Fsp3) is 0.455. The van der Waals surface area contributed by atoms with E-state index < -0.39 is 0 Å². The van der Waals surface area contributed by atoms with Gasteiger partial charge in [-0.3, -0.25) is 10.3 Å². The fourth-order valence-corrected chi connectivity index (χ4v) is 1.16. The molecule has 13 heavy (non-hydrogen) atoms. The van der Waals surface area contributed by atoms with Gasteiger partial charge in [0.2, 0.25) is 0 Å². The molecule has 0 aliphatic rings. The van der Waals surface area contributed by atoms with Gasteiger partial charge >= 0.3 is 0 Å². The molecule has 1 rings (SSSR count). The molecule has 0 amide bonds. The summed E-state index contributed by atoms with van der Waals surface area (Å²) in [4.78, 5) is 5.26. The number of hydrogen-bond donors (Lipinski definition) is 1. The molecule has 0 saturated heterocycles. The normalized spacial score (nSPS) is 10.0. The van der Waals surface area contributed by atoms with Crippen LogP contribution >= 0.6 is 0 Å². The van der Waals surface area contributed by atoms with Crippen LogP contribution in [0.5, 0.6) is 0 Å². The highest BCUT2D eigenvalue weighted by Gasteiger charge is 1.97. The molecule has 2 heteroatoms. The van der Waals surface area contributed by atoms with Gasteiger partial charge in [-0.15, -0.1) is 0 Å². The van der Waals surface area contributed by atoms with E-state index in [1.807, 2.05) is 18.2 Å². The summed E-state index contributed by atoms with van der Waals surface area (Å²) in [7, 11) is 0. The number of aryl methyl sites for hydroxylation is 1. The topological polar surface area (TPSA) is 21.3 Å². The second-order valence-electron chi connectivity index (χ2n) is 2.96. The van der Waals surface area contributed by atoms with Gasteiger partial charge in [0, 0.05) is 0 Å². The summed E-state index contributed by atoms with van der Waals surface area (Å²) in [5.74, 6) is 0. The molecule has 1 aromatic rings. The Labute approximate surface area is 79.9 Å². The lowest BCUT2D eigenvalue weighted by Crippen LogP contribution is -2.03. The largest absolute Gasteiger partial charge is 0.276 e. The molecular formula is C11H17NO. The number of nitrogens with one attached hydrogen (secondary N) is 1. The first-order chi connectivity index (χ1) is 6.38. The quantitative estimate of drug-likeness (QED) is 0.554. The molecule has 0 fully saturated rings. The zero-order chi connectivity index (χ0) is 9.52. The third kappa shape index (κ3) is 3.07. The Morgan fingerprint density at radius 2 is 2.00 bits per heavy atom. The maximum atomic E-state index is 5.26. The van der Waals surface area contributed by atoms with Crippen LogP contribution < -0.4 is 5.48 Å². The number of anilines is 1. The van der Waals surface area contributed by atoms with Crippen LogP contribution in [0.15, 0.2) is 24.3 Å². The molecule has 0 saturated carbocycles. The average molecular weight is 179 g/mol. The molecule has 0 radical (unpaired) electrons. The summed E-state index contributed by atoms with van der Waals surface area (Å²) in [6.45, 7) is 4.98. The maximum Gasteiger partial charge on any atom is 0.0743 e. The van der Waals surface area contributed by atoms with Crippen LogP contribution in [0.25, 0.3) is 0 Å². The third-order valence-electron chi connectivity index (χ3n) is 1.89. The van der Waals surface area contributed by atoms with E-state index in [0.29, 0.717) is 0 Å². The van der Waals surface area contributed by atoms with Crippen LogP contribution in [-0.4, -0.2) is 6.61 Å². The maximum absolute atomic E-state index is 5.26. The van der Waals surface area contributed by atoms with Gasteiger partial charge in [0.25, 0.3) is 0 Å². The summed E-state index contributed by atoms with van der Waals surface area (Å²) in [5, 5.41) is 0. The van der Waals surface area contributed by atoms with Crippen molar-refractivity contribution in [1.29, 1.82) is 0 Å². The first-order valence-corrected chi connectivity index (χ1v) is 4.84. The van der Waals surface area contributed by atoms with Gasteiger partial charge in [0.05, 0.1) is 12.3 Å². The van der Waals surface area contributed by atoms with Gasteiger partial charge in [0.15, 0.2) is 0 Å². The molecule has 0 aliphatic heterocycles. The standard InChI is InChI=1S/C11H17NO/c1-3-9-13-12-11-8-6-5-7-10(11)4-2/h5-8,12H,3-4,9H2,1-2H3. The van der Waals surface area contributed by atoms with Crippen molar-refractivity contribution >= 4 is 5.69 Å². The highest BCUT2D eigenvalue weighted by Crippen LogP contribution is 2.14. The van der Waals surface area contributed by atoms with Crippen LogP contribution in [-0.2, 0) is 11.3 Å². The predicted molar refractivity (Wildman–Crippen MR) is 55.7 cm³/mol. The summed E-state index contributed by atoms with van der Waals surface area (Å²) in [5.41, 5.74) is 5.34. The van der Waals surface area contributed by atoms with E-state index in [2.05, 4.69) is 25.4 Å². The van der Waals surface area contributed by atoms with Crippen molar-refractivity contribution in [3.8, 4) is 0 Å². The molecule has 0 heterocycles. The summed E-state index contributed by atoms with van der Waals surface area (Å²) < 4.78 is 0. The highest BCUT2D eigenvalue weighted by molar-refractivity contribution is 5.49. The first kappa shape index (κ1) is 10.1. The van der Waals surface area contributed by atoms with E-state index in [4.69, 9.17) is 4.84 Å².